The Balaban J connectivity index is 2.61. The summed E-state index contributed by atoms with van der Waals surface area (Å²) < 4.78 is 19.9. The number of aromatic nitrogens is 1. The highest BCUT2D eigenvalue weighted by molar-refractivity contribution is 5.99. The molecule has 0 fully saturated rings. The topological polar surface area (TPSA) is 68.5 Å². The number of esters is 1. The zero-order valence-corrected chi connectivity index (χ0v) is 15.1. The lowest BCUT2D eigenvalue weighted by Gasteiger charge is -2.19. The van der Waals surface area contributed by atoms with Crippen molar-refractivity contribution in [2.45, 2.75) is 47.1 Å². The van der Waals surface area contributed by atoms with E-state index in [-0.39, 0.29) is 17.4 Å². The SMILES string of the molecule is CCOC(=O)c1c(O)c2cc(F)ccc2n(CCCC(C)(C)C)c1=O. The molecule has 0 aliphatic carbocycles. The first-order chi connectivity index (χ1) is 11.7. The molecule has 0 saturated carbocycles. The first-order valence-corrected chi connectivity index (χ1v) is 8.38. The molecule has 136 valence electrons. The molecule has 1 aromatic carbocycles. The summed E-state index contributed by atoms with van der Waals surface area (Å²) in [6.07, 6.45) is 1.58. The lowest BCUT2D eigenvalue weighted by Crippen LogP contribution is -2.28. The maximum absolute atomic E-state index is 13.6. The summed E-state index contributed by atoms with van der Waals surface area (Å²) in [6.45, 7) is 8.35. The Morgan fingerprint density at radius 2 is 2.00 bits per heavy atom. The van der Waals surface area contributed by atoms with Crippen LogP contribution < -0.4 is 5.56 Å². The number of hydrogen-bond acceptors (Lipinski definition) is 4. The van der Waals surface area contributed by atoms with Crippen molar-refractivity contribution in [3.8, 4) is 5.75 Å². The van der Waals surface area contributed by atoms with Crippen LogP contribution in [0.5, 0.6) is 5.75 Å². The van der Waals surface area contributed by atoms with E-state index in [1.807, 2.05) is 0 Å². The van der Waals surface area contributed by atoms with Crippen molar-refractivity contribution in [2.24, 2.45) is 5.41 Å². The number of ether oxygens (including phenoxy) is 1. The zero-order valence-electron chi connectivity index (χ0n) is 15.1. The highest BCUT2D eigenvalue weighted by atomic mass is 19.1. The molecule has 0 aliphatic rings. The number of halogens is 1. The molecule has 25 heavy (non-hydrogen) atoms. The van der Waals surface area contributed by atoms with Gasteiger partial charge in [-0.3, -0.25) is 4.79 Å². The number of aromatic hydroxyl groups is 1. The number of carbonyl (C=O) groups excluding carboxylic acids is 1. The minimum Gasteiger partial charge on any atom is -0.506 e. The lowest BCUT2D eigenvalue weighted by molar-refractivity contribution is 0.0520. The van der Waals surface area contributed by atoms with E-state index in [1.54, 1.807) is 6.92 Å². The largest absolute Gasteiger partial charge is 0.506 e. The van der Waals surface area contributed by atoms with E-state index in [9.17, 15) is 19.1 Å². The molecule has 0 aliphatic heterocycles. The van der Waals surface area contributed by atoms with Crippen molar-refractivity contribution in [2.75, 3.05) is 6.61 Å². The first kappa shape index (κ1) is 19.0. The van der Waals surface area contributed by atoms with E-state index in [0.29, 0.717) is 18.5 Å². The van der Waals surface area contributed by atoms with Crippen LogP contribution in [0.4, 0.5) is 4.39 Å². The molecule has 6 heteroatoms. The molecule has 2 aromatic rings. The molecule has 0 atom stereocenters. The smallest absolute Gasteiger partial charge is 0.347 e. The summed E-state index contributed by atoms with van der Waals surface area (Å²) in [4.78, 5) is 24.9. The standard InChI is InChI=1S/C19H24FNO4/c1-5-25-18(24)15-16(22)13-11-12(20)7-8-14(13)21(17(15)23)10-6-9-19(2,3)4/h7-8,11,22H,5-6,9-10H2,1-4H3. The fourth-order valence-corrected chi connectivity index (χ4v) is 2.79. The van der Waals surface area contributed by atoms with Gasteiger partial charge in [0.1, 0.15) is 11.6 Å². The van der Waals surface area contributed by atoms with Gasteiger partial charge in [-0.1, -0.05) is 20.8 Å². The van der Waals surface area contributed by atoms with Crippen molar-refractivity contribution in [3.63, 3.8) is 0 Å². The normalized spacial score (nSPS) is 11.7. The number of hydrogen-bond donors (Lipinski definition) is 1. The highest BCUT2D eigenvalue weighted by Gasteiger charge is 2.23. The van der Waals surface area contributed by atoms with E-state index < -0.39 is 28.7 Å². The molecular formula is C19H24FNO4. The Morgan fingerprint density at radius 1 is 1.32 bits per heavy atom. The molecule has 1 heterocycles. The summed E-state index contributed by atoms with van der Waals surface area (Å²) in [5.41, 5.74) is -0.572. The molecule has 0 spiro atoms. The molecular weight excluding hydrogens is 325 g/mol. The average Bonchev–Trinajstić information content (AvgIpc) is 2.50. The number of benzene rings is 1. The van der Waals surface area contributed by atoms with Gasteiger partial charge in [0, 0.05) is 11.9 Å². The third kappa shape index (κ3) is 4.18. The van der Waals surface area contributed by atoms with Gasteiger partial charge in [0.2, 0.25) is 0 Å². The van der Waals surface area contributed by atoms with Gasteiger partial charge in [0.15, 0.2) is 5.56 Å². The molecule has 0 saturated heterocycles. The average molecular weight is 349 g/mol. The second-order valence-electron chi connectivity index (χ2n) is 7.23. The van der Waals surface area contributed by atoms with Crippen LogP contribution in [0.2, 0.25) is 0 Å². The molecule has 0 amide bonds. The Morgan fingerprint density at radius 3 is 2.60 bits per heavy atom. The molecule has 0 bridgehead atoms. The number of nitrogens with zero attached hydrogens (tertiary/aromatic N) is 1. The number of carbonyl (C=O) groups is 1. The van der Waals surface area contributed by atoms with Crippen molar-refractivity contribution >= 4 is 16.9 Å². The van der Waals surface area contributed by atoms with Crippen molar-refractivity contribution in [1.29, 1.82) is 0 Å². The van der Waals surface area contributed by atoms with E-state index in [0.717, 1.165) is 12.5 Å². The summed E-state index contributed by atoms with van der Waals surface area (Å²) in [7, 11) is 0. The van der Waals surface area contributed by atoms with Gasteiger partial charge in [-0.2, -0.15) is 0 Å². The molecule has 2 rings (SSSR count). The van der Waals surface area contributed by atoms with Gasteiger partial charge in [-0.25, -0.2) is 9.18 Å². The van der Waals surface area contributed by atoms with Gasteiger partial charge in [-0.05, 0) is 43.4 Å². The fourth-order valence-electron chi connectivity index (χ4n) is 2.79. The van der Waals surface area contributed by atoms with Crippen LogP contribution in [-0.4, -0.2) is 22.2 Å². The van der Waals surface area contributed by atoms with Crippen molar-refractivity contribution < 1.29 is 19.0 Å². The van der Waals surface area contributed by atoms with Crippen LogP contribution in [0.1, 0.15) is 50.9 Å². The summed E-state index contributed by atoms with van der Waals surface area (Å²) in [6, 6.07) is 3.79. The Bertz CT molecular complexity index is 849. The Kier molecular flexibility index (Phi) is 5.50. The highest BCUT2D eigenvalue weighted by Crippen LogP contribution is 2.28. The second-order valence-corrected chi connectivity index (χ2v) is 7.23. The molecule has 0 radical (unpaired) electrons. The second kappa shape index (κ2) is 7.25. The quantitative estimate of drug-likeness (QED) is 0.833. The molecule has 1 N–H and O–H groups in total. The zero-order chi connectivity index (χ0) is 18.8. The summed E-state index contributed by atoms with van der Waals surface area (Å²) in [5.74, 6) is -2.00. The number of rotatable bonds is 5. The van der Waals surface area contributed by atoms with Crippen LogP contribution in [0.3, 0.4) is 0 Å². The fraction of sp³-hybridized carbons (Fsp3) is 0.474. The van der Waals surface area contributed by atoms with Gasteiger partial charge in [0.25, 0.3) is 5.56 Å². The predicted molar refractivity (Wildman–Crippen MR) is 94.5 cm³/mol. The molecule has 5 nitrogen and oxygen atoms in total. The van der Waals surface area contributed by atoms with Crippen LogP contribution in [0.25, 0.3) is 10.9 Å². The maximum Gasteiger partial charge on any atom is 0.347 e. The molecule has 0 unspecified atom stereocenters. The number of fused-ring (bicyclic) bond motifs is 1. The van der Waals surface area contributed by atoms with Gasteiger partial charge >= 0.3 is 5.97 Å². The minimum absolute atomic E-state index is 0.0723. The van der Waals surface area contributed by atoms with E-state index in [4.69, 9.17) is 4.74 Å². The van der Waals surface area contributed by atoms with Crippen LogP contribution in [0, 0.1) is 11.2 Å². The van der Waals surface area contributed by atoms with Crippen molar-refractivity contribution in [1.82, 2.24) is 4.57 Å². The van der Waals surface area contributed by atoms with Gasteiger partial charge in [0.05, 0.1) is 12.1 Å². The third-order valence-corrected chi connectivity index (χ3v) is 3.99. The van der Waals surface area contributed by atoms with Crippen LogP contribution in [-0.2, 0) is 11.3 Å². The van der Waals surface area contributed by atoms with E-state index in [1.165, 1.54) is 16.7 Å². The van der Waals surface area contributed by atoms with Gasteiger partial charge in [-0.15, -0.1) is 0 Å². The van der Waals surface area contributed by atoms with Crippen LogP contribution in [0.15, 0.2) is 23.0 Å². The number of pyridine rings is 1. The predicted octanol–water partition coefficient (Wildman–Crippen LogP) is 3.85. The number of aryl methyl sites for hydroxylation is 1. The first-order valence-electron chi connectivity index (χ1n) is 8.38. The summed E-state index contributed by atoms with van der Waals surface area (Å²) in [5, 5.41) is 10.5. The minimum atomic E-state index is -0.902. The van der Waals surface area contributed by atoms with Crippen molar-refractivity contribution in [3.05, 3.63) is 39.9 Å². The molecule has 1 aromatic heterocycles. The van der Waals surface area contributed by atoms with Gasteiger partial charge < -0.3 is 14.4 Å². The Hall–Kier alpha value is -2.37. The maximum atomic E-state index is 13.6. The van der Waals surface area contributed by atoms with Crippen LogP contribution >= 0.6 is 0 Å². The Labute approximate surface area is 146 Å². The summed E-state index contributed by atoms with van der Waals surface area (Å²) >= 11 is 0. The monoisotopic (exact) mass is 349 g/mol. The van der Waals surface area contributed by atoms with E-state index >= 15 is 0 Å². The third-order valence-electron chi connectivity index (χ3n) is 3.99. The lowest BCUT2D eigenvalue weighted by atomic mass is 9.90. The van der Waals surface area contributed by atoms with E-state index in [2.05, 4.69) is 20.8 Å².